The van der Waals surface area contributed by atoms with Crippen LogP contribution in [-0.4, -0.2) is 20.4 Å². The van der Waals surface area contributed by atoms with Crippen molar-refractivity contribution in [3.8, 4) is 0 Å². The van der Waals surface area contributed by atoms with Gasteiger partial charge in [0.15, 0.2) is 0 Å². The highest BCUT2D eigenvalue weighted by Gasteiger charge is 2.16. The van der Waals surface area contributed by atoms with Crippen molar-refractivity contribution in [2.45, 2.75) is 31.7 Å². The molecule has 1 unspecified atom stereocenters. The largest absolute Gasteiger partial charge is 0.377 e. The molecule has 1 aromatic carbocycles. The Morgan fingerprint density at radius 3 is 2.57 bits per heavy atom. The number of benzene rings is 1. The fourth-order valence-electron chi connectivity index (χ4n) is 2.07. The molecule has 0 aliphatic carbocycles. The third kappa shape index (κ3) is 3.42. The van der Waals surface area contributed by atoms with E-state index in [9.17, 15) is 8.42 Å². The summed E-state index contributed by atoms with van der Waals surface area (Å²) in [6.07, 6.45) is 0. The van der Waals surface area contributed by atoms with Crippen molar-refractivity contribution in [2.24, 2.45) is 0 Å². The van der Waals surface area contributed by atoms with Crippen LogP contribution >= 0.6 is 11.3 Å². The number of nitrogens with zero attached hydrogens (tertiary/aromatic N) is 1. The third-order valence-corrected chi connectivity index (χ3v) is 5.86. The molecular weight excluding hydrogens is 306 g/mol. The van der Waals surface area contributed by atoms with E-state index < -0.39 is 10.0 Å². The molecule has 5 nitrogen and oxygen atoms in total. The summed E-state index contributed by atoms with van der Waals surface area (Å²) >= 11 is 1.59. The number of hydrogen-bond acceptors (Lipinski definition) is 5. The fraction of sp³-hybridized carbons (Fsp3) is 0.357. The van der Waals surface area contributed by atoms with Gasteiger partial charge in [-0.2, -0.15) is 0 Å². The number of rotatable bonds is 5. The first-order chi connectivity index (χ1) is 9.85. The van der Waals surface area contributed by atoms with Crippen LogP contribution in [0.25, 0.3) is 0 Å². The maximum atomic E-state index is 11.9. The summed E-state index contributed by atoms with van der Waals surface area (Å²) in [6, 6.07) is 5.14. The predicted octanol–water partition coefficient (Wildman–Crippen LogP) is 2.84. The molecule has 0 saturated heterocycles. The molecule has 0 aliphatic heterocycles. The van der Waals surface area contributed by atoms with E-state index >= 15 is 0 Å². The zero-order valence-electron chi connectivity index (χ0n) is 12.5. The van der Waals surface area contributed by atoms with Crippen molar-refractivity contribution in [2.75, 3.05) is 12.4 Å². The molecule has 21 heavy (non-hydrogen) atoms. The summed E-state index contributed by atoms with van der Waals surface area (Å²) in [5.41, 5.74) is 4.62. The van der Waals surface area contributed by atoms with Crippen LogP contribution in [0.4, 0.5) is 5.69 Å². The first kappa shape index (κ1) is 15.9. The molecule has 0 spiro atoms. The number of sulfonamides is 1. The average molecular weight is 325 g/mol. The highest BCUT2D eigenvalue weighted by Crippen LogP contribution is 2.28. The average Bonchev–Trinajstić information content (AvgIpc) is 2.87. The van der Waals surface area contributed by atoms with Crippen LogP contribution in [0.3, 0.4) is 0 Å². The van der Waals surface area contributed by atoms with Crippen molar-refractivity contribution in [3.63, 3.8) is 0 Å². The SMILES string of the molecule is CNS(=O)(=O)c1ccc(C)c(NC(C)c2scnc2C)c1. The minimum absolute atomic E-state index is 0.0729. The van der Waals surface area contributed by atoms with E-state index in [1.54, 1.807) is 29.5 Å². The molecule has 0 saturated carbocycles. The molecule has 0 bridgehead atoms. The lowest BCUT2D eigenvalue weighted by molar-refractivity contribution is 0.588. The fourth-order valence-corrected chi connectivity index (χ4v) is 3.63. The molecule has 7 heteroatoms. The number of nitrogens with one attached hydrogen (secondary N) is 2. The van der Waals surface area contributed by atoms with Gasteiger partial charge in [0.2, 0.25) is 10.0 Å². The summed E-state index contributed by atoms with van der Waals surface area (Å²) in [5, 5.41) is 3.37. The summed E-state index contributed by atoms with van der Waals surface area (Å²) in [4.78, 5) is 5.65. The first-order valence-corrected chi connectivity index (χ1v) is 8.92. The van der Waals surface area contributed by atoms with Crippen LogP contribution in [0, 0.1) is 13.8 Å². The minimum atomic E-state index is -3.43. The molecular formula is C14H19N3O2S2. The van der Waals surface area contributed by atoms with E-state index in [0.717, 1.165) is 21.8 Å². The van der Waals surface area contributed by atoms with Gasteiger partial charge >= 0.3 is 0 Å². The van der Waals surface area contributed by atoms with E-state index in [-0.39, 0.29) is 10.9 Å². The Morgan fingerprint density at radius 1 is 1.29 bits per heavy atom. The topological polar surface area (TPSA) is 71.1 Å². The van der Waals surface area contributed by atoms with E-state index in [1.807, 2.05) is 26.3 Å². The van der Waals surface area contributed by atoms with Gasteiger partial charge < -0.3 is 5.32 Å². The highest BCUT2D eigenvalue weighted by molar-refractivity contribution is 7.89. The van der Waals surface area contributed by atoms with Crippen molar-refractivity contribution in [1.82, 2.24) is 9.71 Å². The first-order valence-electron chi connectivity index (χ1n) is 6.56. The molecule has 114 valence electrons. The van der Waals surface area contributed by atoms with Gasteiger partial charge in [-0.05, 0) is 45.5 Å². The molecule has 2 rings (SSSR count). The summed E-state index contributed by atoms with van der Waals surface area (Å²) in [6.45, 7) is 5.96. The molecule has 1 heterocycles. The van der Waals surface area contributed by atoms with Crippen molar-refractivity contribution >= 4 is 27.0 Å². The van der Waals surface area contributed by atoms with Gasteiger partial charge in [0.25, 0.3) is 0 Å². The van der Waals surface area contributed by atoms with Gasteiger partial charge in [-0.1, -0.05) is 6.07 Å². The van der Waals surface area contributed by atoms with E-state index in [0.29, 0.717) is 0 Å². The second-order valence-corrected chi connectivity index (χ2v) is 7.63. The Balaban J connectivity index is 2.32. The summed E-state index contributed by atoms with van der Waals surface area (Å²) in [7, 11) is -2.03. The Labute approximate surface area is 129 Å². The van der Waals surface area contributed by atoms with Gasteiger partial charge in [0, 0.05) is 10.6 Å². The van der Waals surface area contributed by atoms with Gasteiger partial charge in [-0.3, -0.25) is 0 Å². The minimum Gasteiger partial charge on any atom is -0.377 e. The number of thiazole rings is 1. The van der Waals surface area contributed by atoms with E-state index in [2.05, 4.69) is 15.0 Å². The number of aryl methyl sites for hydroxylation is 2. The van der Waals surface area contributed by atoms with Crippen LogP contribution in [0.1, 0.15) is 29.1 Å². The Hall–Kier alpha value is -1.44. The zero-order valence-corrected chi connectivity index (χ0v) is 14.1. The van der Waals surface area contributed by atoms with Crippen LogP contribution in [0.2, 0.25) is 0 Å². The smallest absolute Gasteiger partial charge is 0.240 e. The highest BCUT2D eigenvalue weighted by atomic mass is 32.2. The Morgan fingerprint density at radius 2 is 2.00 bits per heavy atom. The normalized spacial score (nSPS) is 13.1. The Kier molecular flexibility index (Phi) is 4.65. The predicted molar refractivity (Wildman–Crippen MR) is 86.3 cm³/mol. The van der Waals surface area contributed by atoms with Gasteiger partial charge in [-0.15, -0.1) is 11.3 Å². The van der Waals surface area contributed by atoms with Gasteiger partial charge in [0.1, 0.15) is 0 Å². The van der Waals surface area contributed by atoms with Crippen molar-refractivity contribution in [1.29, 1.82) is 0 Å². The molecule has 1 atom stereocenters. The number of aromatic nitrogens is 1. The second kappa shape index (κ2) is 6.13. The lowest BCUT2D eigenvalue weighted by atomic mass is 10.1. The maximum absolute atomic E-state index is 11.9. The lowest BCUT2D eigenvalue weighted by Gasteiger charge is -2.17. The monoisotopic (exact) mass is 325 g/mol. The van der Waals surface area contributed by atoms with Gasteiger partial charge in [-0.25, -0.2) is 18.1 Å². The number of hydrogen-bond donors (Lipinski definition) is 2. The standard InChI is InChI=1S/C14H19N3O2S2/c1-9-5-6-12(21(18,19)15-4)7-13(9)17-11(3)14-10(2)16-8-20-14/h5-8,11,15,17H,1-4H3. The third-order valence-electron chi connectivity index (χ3n) is 3.34. The van der Waals surface area contributed by atoms with Crippen LogP contribution in [-0.2, 0) is 10.0 Å². The maximum Gasteiger partial charge on any atom is 0.240 e. The van der Waals surface area contributed by atoms with E-state index in [1.165, 1.54) is 7.05 Å². The molecule has 2 N–H and O–H groups in total. The van der Waals surface area contributed by atoms with E-state index in [4.69, 9.17) is 0 Å². The lowest BCUT2D eigenvalue weighted by Crippen LogP contribution is -2.19. The molecule has 0 amide bonds. The molecule has 2 aromatic rings. The van der Waals surface area contributed by atoms with Crippen LogP contribution in [0.15, 0.2) is 28.6 Å². The molecule has 0 aliphatic rings. The summed E-state index contributed by atoms with van der Waals surface area (Å²) in [5.74, 6) is 0. The summed E-state index contributed by atoms with van der Waals surface area (Å²) < 4.78 is 26.1. The second-order valence-electron chi connectivity index (χ2n) is 4.85. The quantitative estimate of drug-likeness (QED) is 0.887. The van der Waals surface area contributed by atoms with Crippen LogP contribution < -0.4 is 10.0 Å². The molecule has 0 fully saturated rings. The molecule has 0 radical (unpaired) electrons. The Bertz CT molecular complexity index is 738. The number of anilines is 1. The van der Waals surface area contributed by atoms with Crippen molar-refractivity contribution in [3.05, 3.63) is 39.8 Å². The molecule has 1 aromatic heterocycles. The zero-order chi connectivity index (χ0) is 15.6. The van der Waals surface area contributed by atoms with Crippen LogP contribution in [0.5, 0.6) is 0 Å². The van der Waals surface area contributed by atoms with Crippen molar-refractivity contribution < 1.29 is 8.42 Å². The van der Waals surface area contributed by atoms with Gasteiger partial charge in [0.05, 0.1) is 22.1 Å².